The van der Waals surface area contributed by atoms with Crippen LogP contribution in [0.25, 0.3) is 0 Å². The first kappa shape index (κ1) is 17.8. The molecule has 7 nitrogen and oxygen atoms in total. The van der Waals surface area contributed by atoms with Crippen molar-refractivity contribution in [2.24, 2.45) is 0 Å². The summed E-state index contributed by atoms with van der Waals surface area (Å²) in [6, 6.07) is 3.50. The van der Waals surface area contributed by atoms with Crippen LogP contribution < -0.4 is 4.74 Å². The first-order valence-corrected chi connectivity index (χ1v) is 9.75. The molecule has 1 atom stereocenters. The van der Waals surface area contributed by atoms with Crippen LogP contribution in [0.5, 0.6) is 5.88 Å². The Morgan fingerprint density at radius 3 is 2.72 bits per heavy atom. The first-order valence-electron chi connectivity index (χ1n) is 8.59. The monoisotopic (exact) mass is 365 g/mol. The molecule has 0 saturated carbocycles. The molecule has 2 amide bonds. The lowest BCUT2D eigenvalue weighted by Crippen LogP contribution is -2.50. The van der Waals surface area contributed by atoms with Crippen LogP contribution in [0.4, 0.5) is 4.79 Å². The number of carbonyl (C=O) groups is 2. The number of rotatable bonds is 4. The van der Waals surface area contributed by atoms with Crippen LogP contribution >= 0.6 is 11.8 Å². The average Bonchev–Trinajstić information content (AvgIpc) is 3.15. The lowest BCUT2D eigenvalue weighted by molar-refractivity contribution is 0.0564. The van der Waals surface area contributed by atoms with E-state index in [1.54, 1.807) is 35.1 Å². The van der Waals surface area contributed by atoms with Crippen LogP contribution in [0.15, 0.2) is 18.3 Å². The molecule has 3 rings (SSSR count). The highest BCUT2D eigenvalue weighted by molar-refractivity contribution is 7.99. The number of carbonyl (C=O) groups excluding carboxylic acids is 2. The molecular formula is C17H23N3O4S. The van der Waals surface area contributed by atoms with Gasteiger partial charge < -0.3 is 19.3 Å². The normalized spacial score (nSPS) is 20.4. The van der Waals surface area contributed by atoms with E-state index in [9.17, 15) is 9.59 Å². The second kappa shape index (κ2) is 8.42. The Labute approximate surface area is 151 Å². The smallest absolute Gasteiger partial charge is 0.409 e. The van der Waals surface area contributed by atoms with Gasteiger partial charge >= 0.3 is 6.09 Å². The van der Waals surface area contributed by atoms with Crippen LogP contribution in [0.3, 0.4) is 0 Å². The van der Waals surface area contributed by atoms with Crippen molar-refractivity contribution in [1.29, 1.82) is 0 Å². The van der Waals surface area contributed by atoms with Gasteiger partial charge in [-0.1, -0.05) is 0 Å². The van der Waals surface area contributed by atoms with E-state index < -0.39 is 0 Å². The van der Waals surface area contributed by atoms with Gasteiger partial charge in [0.25, 0.3) is 5.91 Å². The summed E-state index contributed by atoms with van der Waals surface area (Å²) >= 11 is 1.85. The fourth-order valence-electron chi connectivity index (χ4n) is 2.89. The van der Waals surface area contributed by atoms with Crippen LogP contribution in [0.2, 0.25) is 0 Å². The molecule has 8 heteroatoms. The van der Waals surface area contributed by atoms with Crippen molar-refractivity contribution in [3.63, 3.8) is 0 Å². The van der Waals surface area contributed by atoms with Gasteiger partial charge in [0.15, 0.2) is 0 Å². The van der Waals surface area contributed by atoms with Crippen molar-refractivity contribution in [2.45, 2.75) is 19.4 Å². The van der Waals surface area contributed by atoms with Crippen molar-refractivity contribution < 1.29 is 19.1 Å². The zero-order chi connectivity index (χ0) is 17.6. The maximum atomic E-state index is 12.9. The van der Waals surface area contributed by atoms with Crippen LogP contribution in [-0.2, 0) is 4.74 Å². The number of piperazine rings is 1. The number of thioether (sulfide) groups is 1. The van der Waals surface area contributed by atoms with Crippen molar-refractivity contribution in [2.75, 3.05) is 44.3 Å². The summed E-state index contributed by atoms with van der Waals surface area (Å²) in [6.07, 6.45) is 2.42. The molecule has 0 bridgehead atoms. The molecule has 0 aliphatic carbocycles. The molecule has 136 valence electrons. The summed E-state index contributed by atoms with van der Waals surface area (Å²) in [4.78, 5) is 32.3. The minimum absolute atomic E-state index is 0.0998. The van der Waals surface area contributed by atoms with Gasteiger partial charge in [0.1, 0.15) is 11.7 Å². The third-order valence-corrected chi connectivity index (χ3v) is 5.39. The molecule has 0 N–H and O–H groups in total. The largest absolute Gasteiger partial charge is 0.473 e. The fourth-order valence-corrected chi connectivity index (χ4v) is 3.98. The summed E-state index contributed by atoms with van der Waals surface area (Å²) in [7, 11) is 0. The Morgan fingerprint density at radius 1 is 1.28 bits per heavy atom. The second-order valence-electron chi connectivity index (χ2n) is 5.94. The van der Waals surface area contributed by atoms with Gasteiger partial charge in [-0.3, -0.25) is 4.79 Å². The quantitative estimate of drug-likeness (QED) is 0.811. The number of nitrogens with zero attached hydrogens (tertiary/aromatic N) is 3. The number of ether oxygens (including phenoxy) is 2. The Hall–Kier alpha value is -1.96. The summed E-state index contributed by atoms with van der Waals surface area (Å²) < 4.78 is 11.0. The van der Waals surface area contributed by atoms with Gasteiger partial charge in [0.2, 0.25) is 5.88 Å². The summed E-state index contributed by atoms with van der Waals surface area (Å²) in [6.45, 7) is 4.04. The summed E-state index contributed by atoms with van der Waals surface area (Å²) in [5.41, 5.74) is 0.490. The number of pyridine rings is 1. The van der Waals surface area contributed by atoms with Gasteiger partial charge in [0, 0.05) is 38.1 Å². The molecule has 25 heavy (non-hydrogen) atoms. The van der Waals surface area contributed by atoms with Gasteiger partial charge in [-0.15, -0.1) is 0 Å². The van der Waals surface area contributed by atoms with Crippen molar-refractivity contribution >= 4 is 23.8 Å². The zero-order valence-electron chi connectivity index (χ0n) is 14.3. The molecule has 3 heterocycles. The van der Waals surface area contributed by atoms with Crippen molar-refractivity contribution in [1.82, 2.24) is 14.8 Å². The van der Waals surface area contributed by atoms with E-state index in [0.717, 1.165) is 17.9 Å². The Morgan fingerprint density at radius 2 is 2.04 bits per heavy atom. The maximum absolute atomic E-state index is 12.9. The molecule has 2 aliphatic rings. The number of hydrogen-bond acceptors (Lipinski definition) is 6. The number of hydrogen-bond donors (Lipinski definition) is 0. The lowest BCUT2D eigenvalue weighted by atomic mass is 10.2. The Kier molecular flexibility index (Phi) is 6.01. The fraction of sp³-hybridized carbons (Fsp3) is 0.588. The van der Waals surface area contributed by atoms with Crippen molar-refractivity contribution in [3.8, 4) is 5.88 Å². The van der Waals surface area contributed by atoms with Gasteiger partial charge in [0.05, 0.1) is 6.61 Å². The van der Waals surface area contributed by atoms with Crippen LogP contribution in [0, 0.1) is 0 Å². The molecule has 1 aromatic heterocycles. The predicted octanol–water partition coefficient (Wildman–Crippen LogP) is 1.88. The SMILES string of the molecule is CCOC(=O)N1CCN(C(=O)c2cccnc2O[C@@H]2CCSC2)CC1. The van der Waals surface area contributed by atoms with E-state index in [4.69, 9.17) is 9.47 Å². The van der Waals surface area contributed by atoms with Gasteiger partial charge in [-0.2, -0.15) is 11.8 Å². The third kappa shape index (κ3) is 4.36. The summed E-state index contributed by atoms with van der Waals surface area (Å²) in [5, 5.41) is 0. The minimum Gasteiger partial charge on any atom is -0.473 e. The standard InChI is InChI=1S/C17H23N3O4S/c1-2-23-17(22)20-9-7-19(8-10-20)16(21)14-4-3-6-18-15(14)24-13-5-11-25-12-13/h3-4,6,13H,2,5,7-12H2,1H3/t13-/m1/s1. The van der Waals surface area contributed by atoms with E-state index in [1.165, 1.54) is 0 Å². The van der Waals surface area contributed by atoms with Crippen LogP contribution in [-0.4, -0.2) is 77.2 Å². The average molecular weight is 365 g/mol. The molecule has 1 aromatic rings. The highest BCUT2D eigenvalue weighted by atomic mass is 32.2. The lowest BCUT2D eigenvalue weighted by Gasteiger charge is -2.34. The number of amides is 2. The van der Waals surface area contributed by atoms with E-state index in [1.807, 2.05) is 11.8 Å². The second-order valence-corrected chi connectivity index (χ2v) is 7.09. The van der Waals surface area contributed by atoms with E-state index >= 15 is 0 Å². The minimum atomic E-state index is -0.321. The molecule has 0 spiro atoms. The molecular weight excluding hydrogens is 342 g/mol. The van der Waals surface area contributed by atoms with Crippen LogP contribution in [0.1, 0.15) is 23.7 Å². The molecule has 2 saturated heterocycles. The first-order chi connectivity index (χ1) is 12.2. The van der Waals surface area contributed by atoms with Gasteiger partial charge in [-0.25, -0.2) is 9.78 Å². The predicted molar refractivity (Wildman–Crippen MR) is 95.1 cm³/mol. The third-order valence-electron chi connectivity index (χ3n) is 4.26. The molecule has 2 fully saturated rings. The topological polar surface area (TPSA) is 72.0 Å². The molecule has 2 aliphatic heterocycles. The van der Waals surface area contributed by atoms with E-state index in [-0.39, 0.29) is 18.1 Å². The summed E-state index contributed by atoms with van der Waals surface area (Å²) in [5.74, 6) is 2.32. The Balaban J connectivity index is 1.63. The van der Waals surface area contributed by atoms with E-state index in [0.29, 0.717) is 44.2 Å². The molecule has 0 aromatic carbocycles. The highest BCUT2D eigenvalue weighted by Crippen LogP contribution is 2.25. The maximum Gasteiger partial charge on any atom is 0.409 e. The van der Waals surface area contributed by atoms with Gasteiger partial charge in [-0.05, 0) is 31.2 Å². The zero-order valence-corrected chi connectivity index (χ0v) is 15.2. The van der Waals surface area contributed by atoms with Crippen molar-refractivity contribution in [3.05, 3.63) is 23.9 Å². The number of aromatic nitrogens is 1. The molecule has 0 radical (unpaired) electrons. The Bertz CT molecular complexity index is 614. The molecule has 0 unspecified atom stereocenters. The van der Waals surface area contributed by atoms with E-state index in [2.05, 4.69) is 4.98 Å². The highest BCUT2D eigenvalue weighted by Gasteiger charge is 2.28.